The molecule has 2 heterocycles. The molecule has 1 aromatic rings. The Balaban J connectivity index is 2.05. The quantitative estimate of drug-likeness (QED) is 0.871. The molecule has 0 aromatic carbocycles. The van der Waals surface area contributed by atoms with Gasteiger partial charge in [-0.1, -0.05) is 6.92 Å². The van der Waals surface area contributed by atoms with E-state index in [1.165, 1.54) is 0 Å². The Kier molecular flexibility index (Phi) is 3.65. The average Bonchev–Trinajstić information content (AvgIpc) is 2.76. The van der Waals surface area contributed by atoms with Gasteiger partial charge in [0.2, 0.25) is 5.82 Å². The molecule has 100 valence electrons. The molecule has 0 saturated carbocycles. The molecule has 1 amide bonds. The lowest BCUT2D eigenvalue weighted by molar-refractivity contribution is -0.0766. The summed E-state index contributed by atoms with van der Waals surface area (Å²) in [5.74, 6) is 0.912. The summed E-state index contributed by atoms with van der Waals surface area (Å²) in [5.41, 5.74) is -0.295. The lowest BCUT2D eigenvalue weighted by atomic mass is 10.1. The van der Waals surface area contributed by atoms with Gasteiger partial charge in [-0.25, -0.2) is 4.98 Å². The highest BCUT2D eigenvalue weighted by molar-refractivity contribution is 5.90. The lowest BCUT2D eigenvalue weighted by Gasteiger charge is -2.37. The molecule has 18 heavy (non-hydrogen) atoms. The second kappa shape index (κ2) is 5.06. The van der Waals surface area contributed by atoms with E-state index in [9.17, 15) is 4.79 Å². The van der Waals surface area contributed by atoms with Gasteiger partial charge in [0, 0.05) is 19.5 Å². The minimum Gasteiger partial charge on any atom is -0.372 e. The summed E-state index contributed by atoms with van der Waals surface area (Å²) in [7, 11) is 0. The number of aromatic nitrogens is 3. The summed E-state index contributed by atoms with van der Waals surface area (Å²) >= 11 is 0. The summed E-state index contributed by atoms with van der Waals surface area (Å²) in [6.45, 7) is 7.75. The third-order valence-corrected chi connectivity index (χ3v) is 2.92. The van der Waals surface area contributed by atoms with Crippen LogP contribution in [0.15, 0.2) is 0 Å². The van der Waals surface area contributed by atoms with E-state index in [0.29, 0.717) is 19.7 Å². The number of hydrogen-bond donors (Lipinski definition) is 1. The van der Waals surface area contributed by atoms with Crippen molar-refractivity contribution in [3.63, 3.8) is 0 Å². The maximum absolute atomic E-state index is 12.2. The predicted octanol–water partition coefficient (Wildman–Crippen LogP) is 1.01. The Bertz CT molecular complexity index is 427. The van der Waals surface area contributed by atoms with Crippen LogP contribution in [0.5, 0.6) is 0 Å². The van der Waals surface area contributed by atoms with Gasteiger partial charge in [0.05, 0.1) is 12.2 Å². The van der Waals surface area contributed by atoms with E-state index in [0.717, 1.165) is 18.7 Å². The maximum atomic E-state index is 12.2. The molecule has 1 aliphatic rings. The van der Waals surface area contributed by atoms with E-state index >= 15 is 0 Å². The Morgan fingerprint density at radius 1 is 1.56 bits per heavy atom. The van der Waals surface area contributed by atoms with E-state index in [1.54, 1.807) is 4.90 Å². The van der Waals surface area contributed by atoms with Crippen LogP contribution in [0.25, 0.3) is 0 Å². The zero-order valence-corrected chi connectivity index (χ0v) is 11.2. The van der Waals surface area contributed by atoms with E-state index in [1.807, 2.05) is 13.8 Å². The van der Waals surface area contributed by atoms with Crippen molar-refractivity contribution in [2.24, 2.45) is 0 Å². The predicted molar refractivity (Wildman–Crippen MR) is 66.3 cm³/mol. The number of H-pyrrole nitrogens is 1. The van der Waals surface area contributed by atoms with Crippen molar-refractivity contribution in [3.8, 4) is 0 Å². The molecule has 0 aliphatic carbocycles. The minimum absolute atomic E-state index is 0.120. The molecule has 1 saturated heterocycles. The normalized spacial score (nSPS) is 18.9. The topological polar surface area (TPSA) is 71.1 Å². The fourth-order valence-electron chi connectivity index (χ4n) is 2.07. The van der Waals surface area contributed by atoms with Crippen molar-refractivity contribution in [1.82, 2.24) is 20.1 Å². The molecule has 1 fully saturated rings. The highest BCUT2D eigenvalue weighted by atomic mass is 16.5. The largest absolute Gasteiger partial charge is 0.372 e. The van der Waals surface area contributed by atoms with E-state index in [-0.39, 0.29) is 17.3 Å². The number of hydrogen-bond acceptors (Lipinski definition) is 4. The van der Waals surface area contributed by atoms with Crippen LogP contribution in [0.2, 0.25) is 0 Å². The zero-order valence-electron chi connectivity index (χ0n) is 11.2. The first kappa shape index (κ1) is 13.0. The number of carbonyl (C=O) groups excluding carboxylic acids is 1. The van der Waals surface area contributed by atoms with Gasteiger partial charge in [0.25, 0.3) is 5.91 Å². The number of aromatic amines is 1. The molecule has 1 aliphatic heterocycles. The van der Waals surface area contributed by atoms with Crippen molar-refractivity contribution >= 4 is 5.91 Å². The number of carbonyl (C=O) groups is 1. The van der Waals surface area contributed by atoms with Gasteiger partial charge < -0.3 is 9.64 Å². The fourth-order valence-corrected chi connectivity index (χ4v) is 2.07. The highest BCUT2D eigenvalue weighted by Gasteiger charge is 2.31. The van der Waals surface area contributed by atoms with Crippen LogP contribution in [-0.2, 0) is 11.2 Å². The summed E-state index contributed by atoms with van der Waals surface area (Å²) in [4.78, 5) is 18.2. The van der Waals surface area contributed by atoms with Gasteiger partial charge in [-0.15, -0.1) is 5.10 Å². The van der Waals surface area contributed by atoms with Gasteiger partial charge >= 0.3 is 0 Å². The summed E-state index contributed by atoms with van der Waals surface area (Å²) in [5, 5.41) is 6.80. The SMILES string of the molecule is CCCc1nc(C(=O)N2CCOC(C)(C)C2)n[nH]1. The van der Waals surface area contributed by atoms with Crippen molar-refractivity contribution in [3.05, 3.63) is 11.6 Å². The number of morpholine rings is 1. The number of amides is 1. The van der Waals surface area contributed by atoms with Crippen LogP contribution in [-0.4, -0.2) is 51.3 Å². The number of ether oxygens (including phenoxy) is 1. The zero-order chi connectivity index (χ0) is 13.2. The number of nitrogens with one attached hydrogen (secondary N) is 1. The molecular weight excluding hydrogens is 232 g/mol. The molecular formula is C12H20N4O2. The first-order valence-corrected chi connectivity index (χ1v) is 6.36. The van der Waals surface area contributed by atoms with Crippen LogP contribution >= 0.6 is 0 Å². The molecule has 2 rings (SSSR count). The molecule has 0 spiro atoms. The molecule has 0 radical (unpaired) electrons. The molecule has 6 nitrogen and oxygen atoms in total. The second-order valence-corrected chi connectivity index (χ2v) is 5.19. The third kappa shape index (κ3) is 2.87. The van der Waals surface area contributed by atoms with Gasteiger partial charge in [-0.05, 0) is 20.3 Å². The molecule has 0 unspecified atom stereocenters. The first-order valence-electron chi connectivity index (χ1n) is 6.36. The van der Waals surface area contributed by atoms with Gasteiger partial charge in [0.1, 0.15) is 5.82 Å². The molecule has 0 bridgehead atoms. The van der Waals surface area contributed by atoms with E-state index < -0.39 is 0 Å². The van der Waals surface area contributed by atoms with Gasteiger partial charge in [0.15, 0.2) is 0 Å². The molecule has 1 N–H and O–H groups in total. The van der Waals surface area contributed by atoms with E-state index in [4.69, 9.17) is 4.74 Å². The monoisotopic (exact) mass is 252 g/mol. The number of nitrogens with zero attached hydrogens (tertiary/aromatic N) is 3. The van der Waals surface area contributed by atoms with Gasteiger partial charge in [-0.2, -0.15) is 0 Å². The van der Waals surface area contributed by atoms with Crippen LogP contribution in [0.3, 0.4) is 0 Å². The molecule has 1 aromatic heterocycles. The van der Waals surface area contributed by atoms with Crippen LogP contribution in [0, 0.1) is 0 Å². The minimum atomic E-state index is -0.295. The Morgan fingerprint density at radius 2 is 2.33 bits per heavy atom. The van der Waals surface area contributed by atoms with Crippen LogP contribution in [0.4, 0.5) is 0 Å². The maximum Gasteiger partial charge on any atom is 0.293 e. The first-order chi connectivity index (χ1) is 8.52. The van der Waals surface area contributed by atoms with Crippen molar-refractivity contribution in [1.29, 1.82) is 0 Å². The van der Waals surface area contributed by atoms with Crippen molar-refractivity contribution < 1.29 is 9.53 Å². The lowest BCUT2D eigenvalue weighted by Crippen LogP contribution is -2.50. The van der Waals surface area contributed by atoms with Crippen LogP contribution < -0.4 is 0 Å². The van der Waals surface area contributed by atoms with Crippen LogP contribution in [0.1, 0.15) is 43.6 Å². The number of aryl methyl sites for hydroxylation is 1. The van der Waals surface area contributed by atoms with Gasteiger partial charge in [-0.3, -0.25) is 9.89 Å². The third-order valence-electron chi connectivity index (χ3n) is 2.92. The Hall–Kier alpha value is -1.43. The van der Waals surface area contributed by atoms with Crippen molar-refractivity contribution in [2.75, 3.05) is 19.7 Å². The summed E-state index contributed by atoms with van der Waals surface area (Å²) in [6.07, 6.45) is 1.79. The molecule has 0 atom stereocenters. The fraction of sp³-hybridized carbons (Fsp3) is 0.750. The Labute approximate surface area is 107 Å². The smallest absolute Gasteiger partial charge is 0.293 e. The highest BCUT2D eigenvalue weighted by Crippen LogP contribution is 2.17. The molecule has 6 heteroatoms. The average molecular weight is 252 g/mol. The summed E-state index contributed by atoms with van der Waals surface area (Å²) < 4.78 is 5.58. The summed E-state index contributed by atoms with van der Waals surface area (Å²) in [6, 6.07) is 0. The number of rotatable bonds is 3. The van der Waals surface area contributed by atoms with Crippen molar-refractivity contribution in [2.45, 2.75) is 39.2 Å². The Morgan fingerprint density at radius 3 is 3.00 bits per heavy atom. The standard InChI is InChI=1S/C12H20N4O2/c1-4-5-9-13-10(15-14-9)11(17)16-6-7-18-12(2,3)8-16/h4-8H2,1-3H3,(H,13,14,15). The van der Waals surface area contributed by atoms with E-state index in [2.05, 4.69) is 22.1 Å². The second-order valence-electron chi connectivity index (χ2n) is 5.19.